The molecule has 2 atom stereocenters. The standard InChI is InChI=1S/C13H23ClN2O2S/c1-10(15)13(11-4-5-12(14)19-11)16(6-8-17-2)7-9-18-3/h4-5,10,13H,6-9,15H2,1-3H3. The largest absolute Gasteiger partial charge is 0.383 e. The van der Waals surface area contributed by atoms with Crippen molar-refractivity contribution in [3.05, 3.63) is 21.3 Å². The fourth-order valence-electron chi connectivity index (χ4n) is 2.07. The second-order valence-corrected chi connectivity index (χ2v) is 6.21. The molecule has 0 saturated carbocycles. The van der Waals surface area contributed by atoms with E-state index in [9.17, 15) is 0 Å². The minimum absolute atomic E-state index is 0.0171. The molecule has 0 spiro atoms. The molecule has 0 aliphatic carbocycles. The topological polar surface area (TPSA) is 47.7 Å². The number of thiophene rings is 1. The molecule has 1 aromatic heterocycles. The van der Waals surface area contributed by atoms with Gasteiger partial charge >= 0.3 is 0 Å². The van der Waals surface area contributed by atoms with Crippen molar-refractivity contribution < 1.29 is 9.47 Å². The van der Waals surface area contributed by atoms with Gasteiger partial charge in [0.15, 0.2) is 0 Å². The average Bonchev–Trinajstić information content (AvgIpc) is 2.78. The van der Waals surface area contributed by atoms with E-state index in [1.807, 2.05) is 19.1 Å². The molecular formula is C13H23ClN2O2S. The summed E-state index contributed by atoms with van der Waals surface area (Å²) in [5.41, 5.74) is 6.16. The van der Waals surface area contributed by atoms with Crippen LogP contribution in [0.15, 0.2) is 12.1 Å². The third-order valence-electron chi connectivity index (χ3n) is 2.94. The highest BCUT2D eigenvalue weighted by molar-refractivity contribution is 7.16. The predicted molar refractivity (Wildman–Crippen MR) is 81.0 cm³/mol. The number of halogens is 1. The fourth-order valence-corrected chi connectivity index (χ4v) is 3.38. The Kier molecular flexibility index (Phi) is 7.90. The SMILES string of the molecule is COCCN(CCOC)C(c1ccc(Cl)s1)C(C)N. The number of nitrogens with two attached hydrogens (primary N) is 1. The molecular weight excluding hydrogens is 284 g/mol. The van der Waals surface area contributed by atoms with Gasteiger partial charge in [0.2, 0.25) is 0 Å². The van der Waals surface area contributed by atoms with Gasteiger partial charge in [0.25, 0.3) is 0 Å². The zero-order valence-corrected chi connectivity index (χ0v) is 13.3. The summed E-state index contributed by atoms with van der Waals surface area (Å²) in [6.07, 6.45) is 0. The second-order valence-electron chi connectivity index (χ2n) is 4.47. The molecule has 0 bridgehead atoms. The summed E-state index contributed by atoms with van der Waals surface area (Å²) >= 11 is 7.61. The van der Waals surface area contributed by atoms with E-state index in [0.717, 1.165) is 17.4 Å². The molecule has 0 aromatic carbocycles. The lowest BCUT2D eigenvalue weighted by Gasteiger charge is -2.33. The molecule has 4 nitrogen and oxygen atoms in total. The van der Waals surface area contributed by atoms with Crippen LogP contribution in [0.1, 0.15) is 17.8 Å². The highest BCUT2D eigenvalue weighted by Crippen LogP contribution is 2.32. The van der Waals surface area contributed by atoms with Crippen molar-refractivity contribution in [1.29, 1.82) is 0 Å². The van der Waals surface area contributed by atoms with Crippen LogP contribution >= 0.6 is 22.9 Å². The van der Waals surface area contributed by atoms with Crippen molar-refractivity contribution >= 4 is 22.9 Å². The molecule has 110 valence electrons. The first kappa shape index (κ1) is 16.9. The van der Waals surface area contributed by atoms with E-state index in [2.05, 4.69) is 4.90 Å². The van der Waals surface area contributed by atoms with Gasteiger partial charge in [-0.3, -0.25) is 4.90 Å². The summed E-state index contributed by atoms with van der Waals surface area (Å²) in [4.78, 5) is 3.48. The van der Waals surface area contributed by atoms with Gasteiger partial charge in [-0.15, -0.1) is 11.3 Å². The van der Waals surface area contributed by atoms with Gasteiger partial charge in [-0.1, -0.05) is 11.6 Å². The van der Waals surface area contributed by atoms with Gasteiger partial charge in [-0.2, -0.15) is 0 Å². The van der Waals surface area contributed by atoms with E-state index in [0.29, 0.717) is 13.2 Å². The Hall–Kier alpha value is -0.170. The molecule has 1 rings (SSSR count). The first-order valence-corrected chi connectivity index (χ1v) is 7.52. The Morgan fingerprint density at radius 1 is 1.26 bits per heavy atom. The van der Waals surface area contributed by atoms with Gasteiger partial charge in [0.1, 0.15) is 0 Å². The highest BCUT2D eigenvalue weighted by Gasteiger charge is 2.25. The lowest BCUT2D eigenvalue weighted by molar-refractivity contribution is 0.0812. The molecule has 0 aliphatic rings. The normalized spacial score (nSPS) is 14.8. The van der Waals surface area contributed by atoms with Gasteiger partial charge in [0.05, 0.1) is 23.6 Å². The first-order chi connectivity index (χ1) is 9.10. The lowest BCUT2D eigenvalue weighted by Crippen LogP contribution is -2.42. The minimum Gasteiger partial charge on any atom is -0.383 e. The maximum atomic E-state index is 6.16. The monoisotopic (exact) mass is 306 g/mol. The molecule has 2 N–H and O–H groups in total. The summed E-state index contributed by atoms with van der Waals surface area (Å²) in [5, 5.41) is 0. The Bertz CT molecular complexity index is 352. The van der Waals surface area contributed by atoms with Gasteiger partial charge in [-0.25, -0.2) is 0 Å². The van der Waals surface area contributed by atoms with Crippen LogP contribution in [0, 0.1) is 0 Å². The van der Waals surface area contributed by atoms with Crippen molar-refractivity contribution in [3.63, 3.8) is 0 Å². The van der Waals surface area contributed by atoms with Crippen molar-refractivity contribution in [3.8, 4) is 0 Å². The zero-order chi connectivity index (χ0) is 14.3. The van der Waals surface area contributed by atoms with Crippen LogP contribution in [-0.4, -0.2) is 51.5 Å². The molecule has 1 heterocycles. The molecule has 1 aromatic rings. The minimum atomic E-state index is 0.0171. The number of methoxy groups -OCH3 is 2. The first-order valence-electron chi connectivity index (χ1n) is 6.33. The molecule has 0 aliphatic heterocycles. The van der Waals surface area contributed by atoms with E-state index in [1.165, 1.54) is 4.88 Å². The Labute approximate surface area is 124 Å². The van der Waals surface area contributed by atoms with Crippen LogP contribution in [0.3, 0.4) is 0 Å². The van der Waals surface area contributed by atoms with E-state index >= 15 is 0 Å². The summed E-state index contributed by atoms with van der Waals surface area (Å²) in [7, 11) is 3.41. The highest BCUT2D eigenvalue weighted by atomic mass is 35.5. The number of hydrogen-bond donors (Lipinski definition) is 1. The summed E-state index contributed by atoms with van der Waals surface area (Å²) in [6.45, 7) is 5.01. The Morgan fingerprint density at radius 2 is 1.84 bits per heavy atom. The van der Waals surface area contributed by atoms with E-state index in [-0.39, 0.29) is 12.1 Å². The number of nitrogens with zero attached hydrogens (tertiary/aromatic N) is 1. The third-order valence-corrected chi connectivity index (χ3v) is 4.24. The van der Waals surface area contributed by atoms with Crippen LogP contribution in [0.2, 0.25) is 4.34 Å². The van der Waals surface area contributed by atoms with Gasteiger partial charge < -0.3 is 15.2 Å². The van der Waals surface area contributed by atoms with Crippen LogP contribution in [0.5, 0.6) is 0 Å². The van der Waals surface area contributed by atoms with E-state index < -0.39 is 0 Å². The molecule has 19 heavy (non-hydrogen) atoms. The van der Waals surface area contributed by atoms with Crippen LogP contribution in [-0.2, 0) is 9.47 Å². The molecule has 0 fully saturated rings. The number of rotatable bonds is 9. The quantitative estimate of drug-likeness (QED) is 0.761. The maximum Gasteiger partial charge on any atom is 0.0931 e. The second kappa shape index (κ2) is 8.89. The summed E-state index contributed by atoms with van der Waals surface area (Å²) < 4.78 is 11.1. The van der Waals surface area contributed by atoms with Crippen LogP contribution in [0.25, 0.3) is 0 Å². The van der Waals surface area contributed by atoms with Gasteiger partial charge in [-0.05, 0) is 19.1 Å². The summed E-state index contributed by atoms with van der Waals surface area (Å²) in [5.74, 6) is 0. The van der Waals surface area contributed by atoms with Crippen molar-refractivity contribution in [2.45, 2.75) is 19.0 Å². The van der Waals surface area contributed by atoms with Crippen molar-refractivity contribution in [1.82, 2.24) is 4.90 Å². The van der Waals surface area contributed by atoms with E-state index in [1.54, 1.807) is 25.6 Å². The zero-order valence-electron chi connectivity index (χ0n) is 11.8. The fraction of sp³-hybridized carbons (Fsp3) is 0.692. The third kappa shape index (κ3) is 5.38. The lowest BCUT2D eigenvalue weighted by atomic mass is 10.1. The Morgan fingerprint density at radius 3 is 2.21 bits per heavy atom. The maximum absolute atomic E-state index is 6.16. The van der Waals surface area contributed by atoms with Crippen molar-refractivity contribution in [2.75, 3.05) is 40.5 Å². The summed E-state index contributed by atoms with van der Waals surface area (Å²) in [6, 6.07) is 4.13. The Balaban J connectivity index is 2.84. The smallest absolute Gasteiger partial charge is 0.0931 e. The van der Waals surface area contributed by atoms with Crippen LogP contribution in [0.4, 0.5) is 0 Å². The number of ether oxygens (including phenoxy) is 2. The molecule has 6 heteroatoms. The van der Waals surface area contributed by atoms with Crippen molar-refractivity contribution in [2.24, 2.45) is 5.73 Å². The predicted octanol–water partition coefficient (Wildman–Crippen LogP) is 2.38. The number of hydrogen-bond acceptors (Lipinski definition) is 5. The van der Waals surface area contributed by atoms with E-state index in [4.69, 9.17) is 26.8 Å². The molecule has 0 amide bonds. The average molecular weight is 307 g/mol. The molecule has 2 unspecified atom stereocenters. The van der Waals surface area contributed by atoms with Crippen LogP contribution < -0.4 is 5.73 Å². The molecule has 0 radical (unpaired) electrons. The van der Waals surface area contributed by atoms with Gasteiger partial charge in [0, 0.05) is 38.2 Å². The molecule has 0 saturated heterocycles.